The van der Waals surface area contributed by atoms with E-state index < -0.39 is 12.8 Å². The Morgan fingerprint density at radius 3 is 2.50 bits per heavy atom. The molecule has 1 N–H and O–H groups in total. The van der Waals surface area contributed by atoms with E-state index in [9.17, 15) is 4.39 Å². The minimum absolute atomic E-state index is 0.299. The first-order chi connectivity index (χ1) is 3.81. The molecule has 0 amide bonds. The molecule has 0 heterocycles. The zero-order chi connectivity index (χ0) is 6.41. The van der Waals surface area contributed by atoms with Gasteiger partial charge in [-0.15, -0.1) is 0 Å². The summed E-state index contributed by atoms with van der Waals surface area (Å²) in [5.41, 5.74) is 0. The van der Waals surface area contributed by atoms with Gasteiger partial charge in [-0.25, -0.2) is 0 Å². The third-order valence-corrected chi connectivity index (χ3v) is 1.06. The second kappa shape index (κ2) is 5.04. The molecule has 1 unspecified atom stereocenters. The van der Waals surface area contributed by atoms with Crippen molar-refractivity contribution in [2.24, 2.45) is 0 Å². The SMILES string of the molecule is CCCC(O)CCF. The average molecular weight is 120 g/mol. The zero-order valence-corrected chi connectivity index (χ0v) is 5.23. The highest BCUT2D eigenvalue weighted by molar-refractivity contribution is 4.51. The van der Waals surface area contributed by atoms with Crippen molar-refractivity contribution in [3.05, 3.63) is 0 Å². The summed E-state index contributed by atoms with van der Waals surface area (Å²) in [4.78, 5) is 0. The molecular formula is C6H13FO. The fraction of sp³-hybridized carbons (Fsp3) is 1.00. The summed E-state index contributed by atoms with van der Waals surface area (Å²) < 4.78 is 11.4. The molecule has 0 aliphatic rings. The lowest BCUT2D eigenvalue weighted by Gasteiger charge is -2.03. The third-order valence-electron chi connectivity index (χ3n) is 1.06. The van der Waals surface area contributed by atoms with E-state index in [-0.39, 0.29) is 0 Å². The summed E-state index contributed by atoms with van der Waals surface area (Å²) in [7, 11) is 0. The van der Waals surface area contributed by atoms with Gasteiger partial charge >= 0.3 is 0 Å². The number of rotatable bonds is 4. The normalized spacial score (nSPS) is 13.9. The van der Waals surface area contributed by atoms with E-state index in [2.05, 4.69) is 0 Å². The molecule has 2 heteroatoms. The molecule has 0 saturated heterocycles. The first-order valence-corrected chi connectivity index (χ1v) is 3.05. The van der Waals surface area contributed by atoms with Crippen molar-refractivity contribution in [3.8, 4) is 0 Å². The lowest BCUT2D eigenvalue weighted by atomic mass is 10.2. The van der Waals surface area contributed by atoms with Gasteiger partial charge < -0.3 is 5.11 Å². The summed E-state index contributed by atoms with van der Waals surface area (Å²) in [6.07, 6.45) is 1.55. The molecule has 0 rings (SSSR count). The van der Waals surface area contributed by atoms with Crippen LogP contribution in [0.5, 0.6) is 0 Å². The number of hydrogen-bond acceptors (Lipinski definition) is 1. The van der Waals surface area contributed by atoms with Gasteiger partial charge in [-0.3, -0.25) is 4.39 Å². The topological polar surface area (TPSA) is 20.2 Å². The Morgan fingerprint density at radius 1 is 1.50 bits per heavy atom. The van der Waals surface area contributed by atoms with Crippen LogP contribution in [0, 0.1) is 0 Å². The van der Waals surface area contributed by atoms with Crippen LogP contribution in [-0.4, -0.2) is 17.9 Å². The number of hydrogen-bond donors (Lipinski definition) is 1. The van der Waals surface area contributed by atoms with Crippen LogP contribution in [0.4, 0.5) is 4.39 Å². The van der Waals surface area contributed by atoms with E-state index in [1.54, 1.807) is 0 Å². The summed E-state index contributed by atoms with van der Waals surface area (Å²) in [5, 5.41) is 8.81. The van der Waals surface area contributed by atoms with Crippen LogP contribution in [0.25, 0.3) is 0 Å². The first-order valence-electron chi connectivity index (χ1n) is 3.05. The van der Waals surface area contributed by atoms with E-state index in [1.807, 2.05) is 6.92 Å². The quantitative estimate of drug-likeness (QED) is 0.596. The van der Waals surface area contributed by atoms with Crippen molar-refractivity contribution in [3.63, 3.8) is 0 Å². The van der Waals surface area contributed by atoms with Gasteiger partial charge in [0.1, 0.15) is 0 Å². The van der Waals surface area contributed by atoms with E-state index in [0.717, 1.165) is 12.8 Å². The monoisotopic (exact) mass is 120 g/mol. The van der Waals surface area contributed by atoms with Crippen LogP contribution in [-0.2, 0) is 0 Å². The molecule has 0 aromatic carbocycles. The predicted octanol–water partition coefficient (Wildman–Crippen LogP) is 1.51. The molecule has 1 atom stereocenters. The van der Waals surface area contributed by atoms with Crippen molar-refractivity contribution in [1.82, 2.24) is 0 Å². The van der Waals surface area contributed by atoms with Crippen molar-refractivity contribution in [2.45, 2.75) is 32.3 Å². The Morgan fingerprint density at radius 2 is 2.12 bits per heavy atom. The largest absolute Gasteiger partial charge is 0.393 e. The predicted molar refractivity (Wildman–Crippen MR) is 31.5 cm³/mol. The van der Waals surface area contributed by atoms with Crippen LogP contribution in [0.1, 0.15) is 26.2 Å². The Hall–Kier alpha value is -0.110. The molecule has 0 spiro atoms. The Kier molecular flexibility index (Phi) is 4.97. The van der Waals surface area contributed by atoms with Crippen LogP contribution in [0.2, 0.25) is 0 Å². The number of halogens is 1. The van der Waals surface area contributed by atoms with Crippen LogP contribution < -0.4 is 0 Å². The van der Waals surface area contributed by atoms with Gasteiger partial charge in [-0.2, -0.15) is 0 Å². The minimum Gasteiger partial charge on any atom is -0.393 e. The van der Waals surface area contributed by atoms with Crippen molar-refractivity contribution in [1.29, 1.82) is 0 Å². The highest BCUT2D eigenvalue weighted by Crippen LogP contribution is 1.99. The van der Waals surface area contributed by atoms with E-state index >= 15 is 0 Å². The summed E-state index contributed by atoms with van der Waals surface area (Å²) >= 11 is 0. The van der Waals surface area contributed by atoms with E-state index in [1.165, 1.54) is 0 Å². The fourth-order valence-electron chi connectivity index (χ4n) is 0.604. The number of alkyl halides is 1. The van der Waals surface area contributed by atoms with Gasteiger partial charge in [0.25, 0.3) is 0 Å². The standard InChI is InChI=1S/C6H13FO/c1-2-3-6(8)4-5-7/h6,8H,2-5H2,1H3. The van der Waals surface area contributed by atoms with Crippen LogP contribution in [0.15, 0.2) is 0 Å². The number of aliphatic hydroxyl groups excluding tert-OH is 1. The van der Waals surface area contributed by atoms with Gasteiger partial charge in [-0.1, -0.05) is 13.3 Å². The van der Waals surface area contributed by atoms with E-state index in [0.29, 0.717) is 6.42 Å². The highest BCUT2D eigenvalue weighted by Gasteiger charge is 1.99. The average Bonchev–Trinajstić information content (AvgIpc) is 1.68. The maximum Gasteiger partial charge on any atom is 0.0919 e. The lowest BCUT2D eigenvalue weighted by molar-refractivity contribution is 0.143. The molecule has 0 bridgehead atoms. The Labute approximate surface area is 49.5 Å². The molecule has 0 saturated carbocycles. The molecule has 50 valence electrons. The molecule has 8 heavy (non-hydrogen) atoms. The molecular weight excluding hydrogens is 107 g/mol. The summed E-state index contributed by atoms with van der Waals surface area (Å²) in [6, 6.07) is 0. The Bertz CT molecular complexity index is 41.8. The van der Waals surface area contributed by atoms with Gasteiger partial charge in [0, 0.05) is 6.42 Å². The van der Waals surface area contributed by atoms with Crippen LogP contribution in [0.3, 0.4) is 0 Å². The van der Waals surface area contributed by atoms with Crippen molar-refractivity contribution >= 4 is 0 Å². The molecule has 0 aromatic heterocycles. The van der Waals surface area contributed by atoms with Crippen molar-refractivity contribution in [2.75, 3.05) is 6.67 Å². The second-order valence-corrected chi connectivity index (χ2v) is 1.92. The van der Waals surface area contributed by atoms with Gasteiger partial charge in [0.2, 0.25) is 0 Å². The zero-order valence-electron chi connectivity index (χ0n) is 5.23. The maximum atomic E-state index is 11.4. The van der Waals surface area contributed by atoms with E-state index in [4.69, 9.17) is 5.11 Å². The fourth-order valence-corrected chi connectivity index (χ4v) is 0.604. The highest BCUT2D eigenvalue weighted by atomic mass is 19.1. The molecule has 1 nitrogen and oxygen atoms in total. The van der Waals surface area contributed by atoms with Gasteiger partial charge in [-0.05, 0) is 6.42 Å². The third kappa shape index (κ3) is 4.06. The molecule has 0 radical (unpaired) electrons. The Balaban J connectivity index is 2.92. The molecule has 0 aliphatic heterocycles. The van der Waals surface area contributed by atoms with Crippen molar-refractivity contribution < 1.29 is 9.50 Å². The first kappa shape index (κ1) is 7.89. The molecule has 0 aliphatic carbocycles. The molecule has 0 aromatic rings. The maximum absolute atomic E-state index is 11.4. The van der Waals surface area contributed by atoms with Gasteiger partial charge in [0.15, 0.2) is 0 Å². The smallest absolute Gasteiger partial charge is 0.0919 e. The van der Waals surface area contributed by atoms with Crippen LogP contribution >= 0.6 is 0 Å². The van der Waals surface area contributed by atoms with Gasteiger partial charge in [0.05, 0.1) is 12.8 Å². The molecule has 0 fully saturated rings. The lowest BCUT2D eigenvalue weighted by Crippen LogP contribution is -2.05. The second-order valence-electron chi connectivity index (χ2n) is 1.92. The summed E-state index contributed by atoms with van der Waals surface area (Å²) in [6.45, 7) is 1.57. The minimum atomic E-state index is -0.412. The summed E-state index contributed by atoms with van der Waals surface area (Å²) in [5.74, 6) is 0. The number of aliphatic hydroxyl groups is 1.